The number of carbonyl (C=O) groups is 1. The fourth-order valence-corrected chi connectivity index (χ4v) is 2.83. The van der Waals surface area contributed by atoms with Crippen molar-refractivity contribution in [2.24, 2.45) is 0 Å². The van der Waals surface area contributed by atoms with E-state index in [0.29, 0.717) is 0 Å². The van der Waals surface area contributed by atoms with Crippen molar-refractivity contribution >= 4 is 5.78 Å². The van der Waals surface area contributed by atoms with Crippen LogP contribution >= 0.6 is 0 Å². The number of rotatable bonds is 13. The quantitative estimate of drug-likeness (QED) is 0.169. The SMILES string of the molecule is CC(C)(OC(F)(F)C(F)(F)C(F)(F)C(F)(F)C(F)(F)C(F)(F)C(F)C(F)C(F)C(F)F)C(=O)c1ccccc1. The van der Waals surface area contributed by atoms with Crippen LogP contribution in [-0.4, -0.2) is 72.0 Å². The van der Waals surface area contributed by atoms with E-state index in [9.17, 15) is 79.4 Å². The number of hydrogen-bond acceptors (Lipinski definition) is 2. The molecule has 3 atom stereocenters. The topological polar surface area (TPSA) is 26.3 Å². The molecule has 1 rings (SSSR count). The van der Waals surface area contributed by atoms with E-state index < -0.39 is 77.6 Å². The number of benzene rings is 1. The summed E-state index contributed by atoms with van der Waals surface area (Å²) in [4.78, 5) is 12.2. The Hall–Kier alpha value is -2.34. The number of ether oxygens (including phenoxy) is 1. The largest absolute Gasteiger partial charge is 0.426 e. The molecule has 19 heteroatoms. The molecule has 0 radical (unpaired) electrons. The molecule has 0 aliphatic heterocycles. The molecule has 0 spiro atoms. The van der Waals surface area contributed by atoms with Gasteiger partial charge in [-0.3, -0.25) is 4.79 Å². The molecule has 3 unspecified atom stereocenters. The van der Waals surface area contributed by atoms with Crippen molar-refractivity contribution in [3.8, 4) is 0 Å². The first kappa shape index (κ1) is 34.7. The molecule has 226 valence electrons. The molecule has 39 heavy (non-hydrogen) atoms. The molecule has 0 aliphatic carbocycles. The molecule has 0 fully saturated rings. The highest BCUT2D eigenvalue weighted by molar-refractivity contribution is 6.01. The third-order valence-electron chi connectivity index (χ3n) is 5.10. The zero-order valence-electron chi connectivity index (χ0n) is 18.9. The van der Waals surface area contributed by atoms with Crippen molar-refractivity contribution in [1.82, 2.24) is 0 Å². The second-order valence-electron chi connectivity index (χ2n) is 8.37. The lowest BCUT2D eigenvalue weighted by Gasteiger charge is -2.42. The van der Waals surface area contributed by atoms with Gasteiger partial charge in [0.2, 0.25) is 6.17 Å². The first-order valence-corrected chi connectivity index (χ1v) is 9.92. The van der Waals surface area contributed by atoms with Crippen molar-refractivity contribution in [1.29, 1.82) is 0 Å². The minimum absolute atomic E-state index is 0.219. The van der Waals surface area contributed by atoms with Gasteiger partial charge in [-0.15, -0.1) is 0 Å². The Balaban J connectivity index is 3.50. The van der Waals surface area contributed by atoms with Gasteiger partial charge in [-0.2, -0.15) is 52.7 Å². The molecule has 1 aromatic carbocycles. The molecule has 0 N–H and O–H groups in total. The van der Waals surface area contributed by atoms with Gasteiger partial charge in [-0.05, 0) is 13.8 Å². The van der Waals surface area contributed by atoms with Crippen molar-refractivity contribution in [2.45, 2.75) is 80.1 Å². The van der Waals surface area contributed by atoms with Gasteiger partial charge in [-0.1, -0.05) is 30.3 Å². The van der Waals surface area contributed by atoms with Crippen LogP contribution in [0.1, 0.15) is 24.2 Å². The van der Waals surface area contributed by atoms with E-state index in [0.717, 1.165) is 24.3 Å². The lowest BCUT2D eigenvalue weighted by Crippen LogP contribution is -2.73. The van der Waals surface area contributed by atoms with Crippen molar-refractivity contribution in [3.63, 3.8) is 0 Å². The standard InChI is InChI=1S/C20H15F17O2/c1-14(2,12(38)8-6-4-3-5-7-8)39-20(36,37)19(34,35)18(32,33)17(30,31)16(28,29)15(26,27)11(23)9(21)10(22)13(24)25/h3-7,9-11,13H,1-2H3. The Morgan fingerprint density at radius 1 is 0.641 bits per heavy atom. The summed E-state index contributed by atoms with van der Waals surface area (Å²) in [6.07, 6.45) is -27.4. The highest BCUT2D eigenvalue weighted by Gasteiger charge is 2.92. The summed E-state index contributed by atoms with van der Waals surface area (Å²) < 4.78 is 234. The Morgan fingerprint density at radius 3 is 1.46 bits per heavy atom. The van der Waals surface area contributed by atoms with Crippen LogP contribution in [0.4, 0.5) is 74.6 Å². The van der Waals surface area contributed by atoms with E-state index in [1.807, 2.05) is 0 Å². The van der Waals surface area contributed by atoms with Gasteiger partial charge in [-0.25, -0.2) is 22.0 Å². The Bertz CT molecular complexity index is 993. The Morgan fingerprint density at radius 2 is 1.05 bits per heavy atom. The van der Waals surface area contributed by atoms with Gasteiger partial charge >= 0.3 is 35.7 Å². The fraction of sp³-hybridized carbons (Fsp3) is 0.650. The minimum Gasteiger partial charge on any atom is -0.301 e. The molecule has 0 aromatic heterocycles. The van der Waals surface area contributed by atoms with Crippen LogP contribution < -0.4 is 0 Å². The van der Waals surface area contributed by atoms with E-state index in [2.05, 4.69) is 4.74 Å². The predicted molar refractivity (Wildman–Crippen MR) is 96.3 cm³/mol. The van der Waals surface area contributed by atoms with Crippen LogP contribution in [0.2, 0.25) is 0 Å². The molecule has 0 bridgehead atoms. The molecular weight excluding hydrogens is 595 g/mol. The molecule has 0 aliphatic rings. The number of ketones is 1. The van der Waals surface area contributed by atoms with E-state index in [1.54, 1.807) is 0 Å². The second kappa shape index (κ2) is 10.6. The maximum Gasteiger partial charge on any atom is 0.426 e. The minimum atomic E-state index is -8.44. The van der Waals surface area contributed by atoms with Crippen molar-refractivity contribution in [2.75, 3.05) is 0 Å². The zero-order chi connectivity index (χ0) is 31.2. The van der Waals surface area contributed by atoms with Gasteiger partial charge in [0.15, 0.2) is 18.1 Å². The smallest absolute Gasteiger partial charge is 0.301 e. The van der Waals surface area contributed by atoms with Gasteiger partial charge in [0.05, 0.1) is 0 Å². The van der Waals surface area contributed by atoms with Gasteiger partial charge in [0.1, 0.15) is 5.60 Å². The number of Topliss-reactive ketones (excluding diaryl/α,β-unsaturated/α-hetero) is 1. The average molecular weight is 610 g/mol. The van der Waals surface area contributed by atoms with E-state index >= 15 is 0 Å². The monoisotopic (exact) mass is 610 g/mol. The summed E-state index contributed by atoms with van der Waals surface area (Å²) in [6.45, 7) is 0.438. The van der Waals surface area contributed by atoms with Crippen molar-refractivity contribution < 1.29 is 84.2 Å². The highest BCUT2D eigenvalue weighted by Crippen LogP contribution is 2.61. The average Bonchev–Trinajstić information content (AvgIpc) is 2.81. The molecule has 1 aromatic rings. The normalized spacial score (nSPS) is 17.2. The van der Waals surface area contributed by atoms with Crippen molar-refractivity contribution in [3.05, 3.63) is 35.9 Å². The van der Waals surface area contributed by atoms with Gasteiger partial charge < -0.3 is 4.74 Å². The summed E-state index contributed by atoms with van der Waals surface area (Å²) in [5, 5.41) is 0. The molecule has 0 saturated carbocycles. The maximum absolute atomic E-state index is 14.1. The highest BCUT2D eigenvalue weighted by atomic mass is 19.4. The van der Waals surface area contributed by atoms with Crippen LogP contribution in [0.15, 0.2) is 30.3 Å². The predicted octanol–water partition coefficient (Wildman–Crippen LogP) is 7.71. The summed E-state index contributed by atoms with van der Waals surface area (Å²) in [5.41, 5.74) is -3.92. The van der Waals surface area contributed by atoms with E-state index in [4.69, 9.17) is 0 Å². The first-order chi connectivity index (χ1) is 17.1. The van der Waals surface area contributed by atoms with Crippen LogP contribution in [0.3, 0.4) is 0 Å². The maximum atomic E-state index is 14.1. The number of hydrogen-bond donors (Lipinski definition) is 0. The molecule has 2 nitrogen and oxygen atoms in total. The Kier molecular flexibility index (Phi) is 9.40. The van der Waals surface area contributed by atoms with Crippen LogP contribution in [0.25, 0.3) is 0 Å². The van der Waals surface area contributed by atoms with Crippen LogP contribution in [0, 0.1) is 0 Å². The lowest BCUT2D eigenvalue weighted by atomic mass is 9.89. The molecular formula is C20H15F17O2. The lowest BCUT2D eigenvalue weighted by molar-refractivity contribution is -0.466. The fourth-order valence-electron chi connectivity index (χ4n) is 2.83. The zero-order valence-corrected chi connectivity index (χ0v) is 18.9. The molecule has 0 heterocycles. The summed E-state index contributed by atoms with van der Waals surface area (Å²) in [7, 11) is 0. The van der Waals surface area contributed by atoms with E-state index in [-0.39, 0.29) is 13.8 Å². The number of carbonyl (C=O) groups excluding carboxylic acids is 1. The molecule has 0 amide bonds. The van der Waals surface area contributed by atoms with Crippen LogP contribution in [-0.2, 0) is 4.74 Å². The third kappa shape index (κ3) is 5.64. The number of alkyl halides is 17. The summed E-state index contributed by atoms with van der Waals surface area (Å²) in [5.74, 6) is -42.3. The molecule has 0 saturated heterocycles. The van der Waals surface area contributed by atoms with Gasteiger partial charge in [0.25, 0.3) is 6.43 Å². The van der Waals surface area contributed by atoms with Gasteiger partial charge in [0, 0.05) is 5.56 Å². The van der Waals surface area contributed by atoms with Crippen LogP contribution in [0.5, 0.6) is 0 Å². The third-order valence-corrected chi connectivity index (χ3v) is 5.10. The Labute approximate surface area is 207 Å². The van der Waals surface area contributed by atoms with E-state index in [1.165, 1.54) is 6.07 Å². The number of halogens is 17. The second-order valence-corrected chi connectivity index (χ2v) is 8.37. The summed E-state index contributed by atoms with van der Waals surface area (Å²) in [6, 6.07) is 5.13. The first-order valence-electron chi connectivity index (χ1n) is 9.92. The summed E-state index contributed by atoms with van der Waals surface area (Å²) >= 11 is 0.